The molecule has 0 spiro atoms. The van der Waals surface area contributed by atoms with Gasteiger partial charge < -0.3 is 10.4 Å². The first-order valence-corrected chi connectivity index (χ1v) is 11.6. The molecular weight excluding hydrogens is 479 g/mol. The van der Waals surface area contributed by atoms with Gasteiger partial charge in [0.25, 0.3) is 0 Å². The van der Waals surface area contributed by atoms with Crippen molar-refractivity contribution in [3.63, 3.8) is 0 Å². The maximum atomic E-state index is 13.7. The van der Waals surface area contributed by atoms with E-state index in [1.807, 2.05) is 54.6 Å². The fourth-order valence-corrected chi connectivity index (χ4v) is 4.31. The van der Waals surface area contributed by atoms with Gasteiger partial charge in [-0.2, -0.15) is 18.3 Å². The second-order valence-electron chi connectivity index (χ2n) is 8.66. The van der Waals surface area contributed by atoms with E-state index in [1.54, 1.807) is 35.0 Å². The number of benzene rings is 4. The molecule has 0 bridgehead atoms. The number of halogens is 3. The van der Waals surface area contributed by atoms with E-state index in [-0.39, 0.29) is 11.9 Å². The van der Waals surface area contributed by atoms with E-state index in [4.69, 9.17) is 5.11 Å². The van der Waals surface area contributed by atoms with Crippen LogP contribution in [0.1, 0.15) is 16.7 Å². The summed E-state index contributed by atoms with van der Waals surface area (Å²) >= 11 is 0. The number of aliphatic carboxylic acids is 1. The molecule has 0 aliphatic heterocycles. The van der Waals surface area contributed by atoms with Crippen LogP contribution in [0.15, 0.2) is 97.1 Å². The van der Waals surface area contributed by atoms with Gasteiger partial charge >= 0.3 is 12.1 Å². The van der Waals surface area contributed by atoms with Crippen molar-refractivity contribution in [2.24, 2.45) is 0 Å². The number of nitrogens with one attached hydrogen (secondary N) is 1. The van der Waals surface area contributed by atoms with E-state index >= 15 is 0 Å². The largest absolute Gasteiger partial charge is 0.481 e. The smallest absolute Gasteiger partial charge is 0.418 e. The molecular formula is C29H22F3N3O2. The lowest BCUT2D eigenvalue weighted by molar-refractivity contribution is -0.137. The van der Waals surface area contributed by atoms with Gasteiger partial charge in [0.05, 0.1) is 24.2 Å². The van der Waals surface area contributed by atoms with Crippen molar-refractivity contribution in [2.45, 2.75) is 19.1 Å². The molecule has 37 heavy (non-hydrogen) atoms. The Balaban J connectivity index is 1.50. The molecule has 0 radical (unpaired) electrons. The van der Waals surface area contributed by atoms with Crippen molar-refractivity contribution >= 4 is 28.2 Å². The van der Waals surface area contributed by atoms with Crippen LogP contribution in [0.3, 0.4) is 0 Å². The van der Waals surface area contributed by atoms with E-state index in [2.05, 4.69) is 10.4 Å². The number of rotatable bonds is 7. The first kappa shape index (κ1) is 24.1. The van der Waals surface area contributed by atoms with Crippen LogP contribution in [-0.2, 0) is 23.9 Å². The number of anilines is 2. The van der Waals surface area contributed by atoms with Gasteiger partial charge in [-0.3, -0.25) is 9.48 Å². The fourth-order valence-electron chi connectivity index (χ4n) is 4.31. The van der Waals surface area contributed by atoms with Crippen molar-refractivity contribution in [3.05, 3.63) is 114 Å². The summed E-state index contributed by atoms with van der Waals surface area (Å²) in [6.45, 7) is 0.324. The summed E-state index contributed by atoms with van der Waals surface area (Å²) in [4.78, 5) is 10.9. The number of carbonyl (C=O) groups is 1. The van der Waals surface area contributed by atoms with Gasteiger partial charge in [-0.25, -0.2) is 0 Å². The average molecular weight is 502 g/mol. The fraction of sp³-hybridized carbons (Fsp3) is 0.103. The normalized spacial score (nSPS) is 11.5. The summed E-state index contributed by atoms with van der Waals surface area (Å²) in [5.41, 5.74) is 3.70. The molecule has 0 fully saturated rings. The molecule has 5 aromatic rings. The minimum atomic E-state index is -4.52. The molecule has 0 atom stereocenters. The number of aromatic nitrogens is 2. The summed E-state index contributed by atoms with van der Waals surface area (Å²) in [5, 5.41) is 17.0. The van der Waals surface area contributed by atoms with Crippen molar-refractivity contribution in [1.82, 2.24) is 9.78 Å². The van der Waals surface area contributed by atoms with Crippen LogP contribution in [0.25, 0.3) is 22.2 Å². The van der Waals surface area contributed by atoms with Gasteiger partial charge in [-0.15, -0.1) is 0 Å². The molecule has 8 heteroatoms. The molecule has 186 valence electrons. The van der Waals surface area contributed by atoms with Crippen LogP contribution in [0.4, 0.5) is 24.5 Å². The Labute approximate surface area is 210 Å². The van der Waals surface area contributed by atoms with Crippen LogP contribution < -0.4 is 5.32 Å². The van der Waals surface area contributed by atoms with E-state index in [1.165, 1.54) is 6.07 Å². The minimum absolute atomic E-state index is 0.0460. The maximum absolute atomic E-state index is 13.7. The molecule has 0 unspecified atom stereocenters. The Hall–Kier alpha value is -4.59. The van der Waals surface area contributed by atoms with Crippen LogP contribution >= 0.6 is 0 Å². The number of hydrogen-bond acceptors (Lipinski definition) is 3. The Morgan fingerprint density at radius 3 is 2.08 bits per heavy atom. The summed E-state index contributed by atoms with van der Waals surface area (Å²) in [6, 6.07) is 28.1. The monoisotopic (exact) mass is 501 g/mol. The van der Waals surface area contributed by atoms with Crippen molar-refractivity contribution in [1.29, 1.82) is 0 Å². The zero-order chi connectivity index (χ0) is 26.0. The maximum Gasteiger partial charge on any atom is 0.418 e. The number of alkyl halides is 3. The van der Waals surface area contributed by atoms with Crippen molar-refractivity contribution in [2.75, 3.05) is 5.32 Å². The first-order valence-electron chi connectivity index (χ1n) is 11.6. The minimum Gasteiger partial charge on any atom is -0.481 e. The molecule has 0 amide bonds. The summed E-state index contributed by atoms with van der Waals surface area (Å²) in [7, 11) is 0. The third-order valence-electron chi connectivity index (χ3n) is 6.01. The van der Waals surface area contributed by atoms with Crippen LogP contribution in [-0.4, -0.2) is 20.9 Å². The van der Waals surface area contributed by atoms with Crippen LogP contribution in [0.2, 0.25) is 0 Å². The Kier molecular flexibility index (Phi) is 6.40. The standard InChI is InChI=1S/C29H22F3N3O2/c30-29(31,32)25-8-4-7-24-27(25)34-35(18-20-5-2-1-3-6-20)28(24)21-11-15-23(16-12-21)33-22-13-9-19(10-14-22)17-26(36)37/h1-16,33H,17-18H2,(H,36,37). The number of carboxylic acids is 1. The van der Waals surface area contributed by atoms with E-state index in [9.17, 15) is 18.0 Å². The Morgan fingerprint density at radius 2 is 1.46 bits per heavy atom. The molecule has 0 saturated carbocycles. The number of hydrogen-bond donors (Lipinski definition) is 2. The molecule has 1 aromatic heterocycles. The van der Waals surface area contributed by atoms with Crippen LogP contribution in [0.5, 0.6) is 0 Å². The lowest BCUT2D eigenvalue weighted by Gasteiger charge is -2.11. The predicted molar refractivity (Wildman–Crippen MR) is 137 cm³/mol. The van der Waals surface area contributed by atoms with Crippen molar-refractivity contribution < 1.29 is 23.1 Å². The zero-order valence-electron chi connectivity index (χ0n) is 19.5. The predicted octanol–water partition coefficient (Wildman–Crippen LogP) is 7.14. The lowest BCUT2D eigenvalue weighted by Crippen LogP contribution is -2.06. The van der Waals surface area contributed by atoms with Crippen molar-refractivity contribution in [3.8, 4) is 11.3 Å². The zero-order valence-corrected chi connectivity index (χ0v) is 19.5. The molecule has 0 aliphatic carbocycles. The number of fused-ring (bicyclic) bond motifs is 1. The molecule has 2 N–H and O–H groups in total. The Morgan fingerprint density at radius 1 is 0.811 bits per heavy atom. The van der Waals surface area contributed by atoms with E-state index < -0.39 is 17.7 Å². The van der Waals surface area contributed by atoms with Gasteiger partial charge in [-0.1, -0.05) is 66.7 Å². The van der Waals surface area contributed by atoms with Gasteiger partial charge in [0.2, 0.25) is 0 Å². The topological polar surface area (TPSA) is 67.2 Å². The highest BCUT2D eigenvalue weighted by atomic mass is 19.4. The molecule has 4 aromatic carbocycles. The van der Waals surface area contributed by atoms with Gasteiger partial charge in [0.1, 0.15) is 5.52 Å². The quantitative estimate of drug-likeness (QED) is 0.249. The highest BCUT2D eigenvalue weighted by Gasteiger charge is 2.34. The average Bonchev–Trinajstić information content (AvgIpc) is 3.23. The molecule has 5 nitrogen and oxygen atoms in total. The third kappa shape index (κ3) is 5.33. The van der Waals surface area contributed by atoms with Gasteiger partial charge in [-0.05, 0) is 41.5 Å². The number of nitrogens with zero attached hydrogens (tertiary/aromatic N) is 2. The van der Waals surface area contributed by atoms with Gasteiger partial charge in [0, 0.05) is 22.3 Å². The highest BCUT2D eigenvalue weighted by molar-refractivity contribution is 5.95. The molecule has 5 rings (SSSR count). The summed E-state index contributed by atoms with van der Waals surface area (Å²) in [6.07, 6.45) is -4.56. The van der Waals surface area contributed by atoms with Gasteiger partial charge in [0.15, 0.2) is 0 Å². The van der Waals surface area contributed by atoms with E-state index in [0.717, 1.165) is 28.6 Å². The summed E-state index contributed by atoms with van der Waals surface area (Å²) < 4.78 is 42.9. The number of carboxylic acid groups (broad SMARTS) is 1. The molecule has 1 heterocycles. The molecule has 0 aliphatic rings. The highest BCUT2D eigenvalue weighted by Crippen LogP contribution is 2.38. The van der Waals surface area contributed by atoms with Crippen LogP contribution in [0, 0.1) is 0 Å². The first-order chi connectivity index (χ1) is 17.8. The molecule has 0 saturated heterocycles. The van der Waals surface area contributed by atoms with E-state index in [0.29, 0.717) is 23.2 Å². The third-order valence-corrected chi connectivity index (χ3v) is 6.01. The lowest BCUT2D eigenvalue weighted by atomic mass is 10.0. The Bertz CT molecular complexity index is 1540. The second kappa shape index (κ2) is 9.81. The SMILES string of the molecule is O=C(O)Cc1ccc(Nc2ccc(-c3c4cccc(C(F)(F)F)c4nn3Cc3ccccc3)cc2)cc1. The second-order valence-corrected chi connectivity index (χ2v) is 8.66. The summed E-state index contributed by atoms with van der Waals surface area (Å²) in [5.74, 6) is -0.891.